The number of sulfone groups is 1. The van der Waals surface area contributed by atoms with Gasteiger partial charge in [-0.2, -0.15) is 0 Å². The number of nitrogens with one attached hydrogen (secondary N) is 1. The summed E-state index contributed by atoms with van der Waals surface area (Å²) in [5.74, 6) is -1.24. The maximum absolute atomic E-state index is 12.3. The fourth-order valence-corrected chi connectivity index (χ4v) is 3.25. The van der Waals surface area contributed by atoms with Gasteiger partial charge in [0.05, 0.1) is 10.6 Å². The van der Waals surface area contributed by atoms with Crippen molar-refractivity contribution in [2.45, 2.75) is 11.8 Å². The van der Waals surface area contributed by atoms with Crippen LogP contribution in [0.3, 0.4) is 0 Å². The average Bonchev–Trinajstić information content (AvgIpc) is 2.41. The van der Waals surface area contributed by atoms with Crippen LogP contribution in [0.2, 0.25) is 0 Å². The third-order valence-corrected chi connectivity index (χ3v) is 4.55. The number of anilines is 2. The summed E-state index contributed by atoms with van der Waals surface area (Å²) in [5.41, 5.74) is 7.16. The summed E-state index contributed by atoms with van der Waals surface area (Å²) >= 11 is 0. The van der Waals surface area contributed by atoms with Gasteiger partial charge in [0.2, 0.25) is 5.91 Å². The van der Waals surface area contributed by atoms with Crippen LogP contribution in [0.15, 0.2) is 53.4 Å². The lowest BCUT2D eigenvalue weighted by Gasteiger charge is -2.09. The van der Waals surface area contributed by atoms with Crippen LogP contribution in [-0.4, -0.2) is 20.1 Å². The molecule has 0 saturated heterocycles. The Morgan fingerprint density at radius 1 is 1.14 bits per heavy atom. The number of aryl methyl sites for hydroxylation is 1. The minimum Gasteiger partial charge on any atom is -0.398 e. The number of nitrogens with two attached hydrogens (primary N) is 1. The van der Waals surface area contributed by atoms with Crippen LogP contribution in [0.4, 0.5) is 11.4 Å². The number of para-hydroxylation sites is 1. The van der Waals surface area contributed by atoms with Gasteiger partial charge in [0, 0.05) is 5.69 Å². The van der Waals surface area contributed by atoms with Crippen LogP contribution in [0.1, 0.15) is 5.56 Å². The highest BCUT2D eigenvalue weighted by atomic mass is 32.2. The summed E-state index contributed by atoms with van der Waals surface area (Å²) in [5, 5.41) is 2.54. The number of hydrogen-bond acceptors (Lipinski definition) is 4. The Bertz CT molecular complexity index is 756. The van der Waals surface area contributed by atoms with Crippen molar-refractivity contribution < 1.29 is 13.2 Å². The average molecular weight is 304 g/mol. The Morgan fingerprint density at radius 3 is 2.48 bits per heavy atom. The summed E-state index contributed by atoms with van der Waals surface area (Å²) in [7, 11) is -3.77. The molecule has 0 unspecified atom stereocenters. The maximum Gasteiger partial charge on any atom is 0.239 e. The van der Waals surface area contributed by atoms with Crippen LogP contribution in [0.25, 0.3) is 0 Å². The van der Waals surface area contributed by atoms with E-state index in [1.807, 2.05) is 0 Å². The molecule has 2 aromatic rings. The molecule has 6 heteroatoms. The first kappa shape index (κ1) is 15.1. The number of carbonyl (C=O) groups is 1. The number of carbonyl (C=O) groups excluding carboxylic acids is 1. The Balaban J connectivity index is 2.18. The molecule has 3 N–H and O–H groups in total. The standard InChI is InChI=1S/C15H16N2O3S/c1-11-7-8-13(16)14(9-11)21(19,20)10-15(18)17-12-5-3-2-4-6-12/h2-9H,10,16H2,1H3,(H,17,18). The van der Waals surface area contributed by atoms with Crippen LogP contribution < -0.4 is 11.1 Å². The molecule has 0 heterocycles. The van der Waals surface area contributed by atoms with E-state index in [1.54, 1.807) is 43.3 Å². The zero-order valence-corrected chi connectivity index (χ0v) is 12.4. The topological polar surface area (TPSA) is 89.3 Å². The Kier molecular flexibility index (Phi) is 4.28. The van der Waals surface area contributed by atoms with Gasteiger partial charge in [0.25, 0.3) is 0 Å². The predicted octanol–water partition coefficient (Wildman–Crippen LogP) is 1.99. The lowest BCUT2D eigenvalue weighted by Crippen LogP contribution is -2.23. The first-order valence-electron chi connectivity index (χ1n) is 6.32. The van der Waals surface area contributed by atoms with E-state index in [0.29, 0.717) is 5.69 Å². The highest BCUT2D eigenvalue weighted by molar-refractivity contribution is 7.92. The fraction of sp³-hybridized carbons (Fsp3) is 0.133. The molecule has 0 fully saturated rings. The highest BCUT2D eigenvalue weighted by Gasteiger charge is 2.22. The molecule has 0 aliphatic rings. The van der Waals surface area contributed by atoms with Crippen LogP contribution in [-0.2, 0) is 14.6 Å². The van der Waals surface area contributed by atoms with E-state index < -0.39 is 21.5 Å². The van der Waals surface area contributed by atoms with Crippen molar-refractivity contribution in [2.75, 3.05) is 16.8 Å². The van der Waals surface area contributed by atoms with Gasteiger partial charge in [0.1, 0.15) is 5.75 Å². The Morgan fingerprint density at radius 2 is 1.81 bits per heavy atom. The third kappa shape index (κ3) is 3.82. The van der Waals surface area contributed by atoms with Crippen molar-refractivity contribution in [1.82, 2.24) is 0 Å². The van der Waals surface area contributed by atoms with Crippen LogP contribution in [0.5, 0.6) is 0 Å². The normalized spacial score (nSPS) is 11.1. The maximum atomic E-state index is 12.3. The van der Waals surface area contributed by atoms with Gasteiger partial charge in [0.15, 0.2) is 9.84 Å². The highest BCUT2D eigenvalue weighted by Crippen LogP contribution is 2.21. The monoisotopic (exact) mass is 304 g/mol. The minimum absolute atomic E-state index is 0.00860. The summed E-state index contributed by atoms with van der Waals surface area (Å²) in [4.78, 5) is 11.9. The number of rotatable bonds is 4. The van der Waals surface area contributed by atoms with Gasteiger partial charge < -0.3 is 11.1 Å². The van der Waals surface area contributed by atoms with Crippen molar-refractivity contribution in [3.63, 3.8) is 0 Å². The van der Waals surface area contributed by atoms with Crippen molar-refractivity contribution in [1.29, 1.82) is 0 Å². The molecule has 2 rings (SSSR count). The van der Waals surface area contributed by atoms with Crippen molar-refractivity contribution in [3.8, 4) is 0 Å². The second-order valence-electron chi connectivity index (χ2n) is 4.71. The van der Waals surface area contributed by atoms with Gasteiger partial charge in [-0.1, -0.05) is 24.3 Å². The Labute approximate surface area is 123 Å². The predicted molar refractivity (Wildman–Crippen MR) is 82.7 cm³/mol. The van der Waals surface area contributed by atoms with Gasteiger partial charge >= 0.3 is 0 Å². The van der Waals surface area contributed by atoms with Gasteiger partial charge in [-0.3, -0.25) is 4.79 Å². The van der Waals surface area contributed by atoms with E-state index in [0.717, 1.165) is 5.56 Å². The quantitative estimate of drug-likeness (QED) is 0.845. The van der Waals surface area contributed by atoms with Gasteiger partial charge in [-0.05, 0) is 36.8 Å². The van der Waals surface area contributed by atoms with Crippen molar-refractivity contribution in [2.24, 2.45) is 0 Å². The summed E-state index contributed by atoms with van der Waals surface area (Å²) in [6.07, 6.45) is 0. The SMILES string of the molecule is Cc1ccc(N)c(S(=O)(=O)CC(=O)Nc2ccccc2)c1. The molecule has 5 nitrogen and oxygen atoms in total. The summed E-state index contributed by atoms with van der Waals surface area (Å²) in [6, 6.07) is 13.4. The second-order valence-corrected chi connectivity index (χ2v) is 6.67. The van der Waals surface area contributed by atoms with Crippen LogP contribution >= 0.6 is 0 Å². The smallest absolute Gasteiger partial charge is 0.239 e. The molecule has 110 valence electrons. The second kappa shape index (κ2) is 5.97. The molecule has 0 spiro atoms. The lowest BCUT2D eigenvalue weighted by molar-refractivity contribution is -0.113. The molecule has 0 aliphatic carbocycles. The molecule has 0 saturated carbocycles. The summed E-state index contributed by atoms with van der Waals surface area (Å²) in [6.45, 7) is 1.77. The van der Waals surface area contributed by atoms with Crippen LogP contribution in [0, 0.1) is 6.92 Å². The number of benzene rings is 2. The minimum atomic E-state index is -3.77. The third-order valence-electron chi connectivity index (χ3n) is 2.88. The van der Waals surface area contributed by atoms with E-state index in [-0.39, 0.29) is 10.6 Å². The van der Waals surface area contributed by atoms with Crippen molar-refractivity contribution >= 4 is 27.1 Å². The number of amides is 1. The molecular formula is C15H16N2O3S. The first-order valence-corrected chi connectivity index (χ1v) is 7.97. The molecule has 1 amide bonds. The van der Waals surface area contributed by atoms with E-state index in [1.165, 1.54) is 12.1 Å². The Hall–Kier alpha value is -2.34. The van der Waals surface area contributed by atoms with E-state index in [9.17, 15) is 13.2 Å². The molecule has 0 bridgehead atoms. The first-order chi connectivity index (χ1) is 9.88. The molecule has 2 aromatic carbocycles. The molecular weight excluding hydrogens is 288 g/mol. The molecule has 0 aliphatic heterocycles. The van der Waals surface area contributed by atoms with E-state index >= 15 is 0 Å². The number of nitrogen functional groups attached to an aromatic ring is 1. The fourth-order valence-electron chi connectivity index (χ4n) is 1.88. The van der Waals surface area contributed by atoms with Gasteiger partial charge in [-0.25, -0.2) is 8.42 Å². The van der Waals surface area contributed by atoms with E-state index in [4.69, 9.17) is 5.73 Å². The number of hydrogen-bond donors (Lipinski definition) is 2. The van der Waals surface area contributed by atoms with E-state index in [2.05, 4.69) is 5.32 Å². The largest absolute Gasteiger partial charge is 0.398 e. The van der Waals surface area contributed by atoms with Gasteiger partial charge in [-0.15, -0.1) is 0 Å². The van der Waals surface area contributed by atoms with Crippen molar-refractivity contribution in [3.05, 3.63) is 54.1 Å². The molecule has 0 radical (unpaired) electrons. The summed E-state index contributed by atoms with van der Waals surface area (Å²) < 4.78 is 24.5. The zero-order chi connectivity index (χ0) is 15.5. The lowest BCUT2D eigenvalue weighted by atomic mass is 10.2. The molecule has 0 aromatic heterocycles. The zero-order valence-electron chi connectivity index (χ0n) is 11.5. The molecule has 21 heavy (non-hydrogen) atoms. The molecule has 0 atom stereocenters.